The van der Waals surface area contributed by atoms with Crippen molar-refractivity contribution in [3.05, 3.63) is 65.5 Å². The molecular weight excluding hydrogens is 278 g/mol. The summed E-state index contributed by atoms with van der Waals surface area (Å²) in [4.78, 5) is 15.0. The second-order valence-electron chi connectivity index (χ2n) is 5.07. The highest BCUT2D eigenvalue weighted by Crippen LogP contribution is 2.22. The van der Waals surface area contributed by atoms with Crippen LogP contribution >= 0.6 is 0 Å². The van der Waals surface area contributed by atoms with Crippen LogP contribution in [0.2, 0.25) is 0 Å². The molecule has 0 radical (unpaired) electrons. The minimum absolute atomic E-state index is 0.263. The minimum Gasteiger partial charge on any atom is -0.480 e. The van der Waals surface area contributed by atoms with Gasteiger partial charge in [0.1, 0.15) is 17.9 Å². The quantitative estimate of drug-likeness (QED) is 0.805. The molecule has 0 aliphatic carbocycles. The van der Waals surface area contributed by atoms with E-state index < -0.39 is 5.97 Å². The molecule has 0 atom stereocenters. The van der Waals surface area contributed by atoms with Crippen molar-refractivity contribution in [2.75, 3.05) is 6.54 Å². The maximum Gasteiger partial charge on any atom is 0.325 e. The number of nitrogens with zero attached hydrogens (tertiary/aromatic N) is 1. The largest absolute Gasteiger partial charge is 0.480 e. The summed E-state index contributed by atoms with van der Waals surface area (Å²) >= 11 is 0. The zero-order valence-corrected chi connectivity index (χ0v) is 12.1. The van der Waals surface area contributed by atoms with Crippen LogP contribution in [0.15, 0.2) is 64.0 Å². The van der Waals surface area contributed by atoms with E-state index in [2.05, 4.69) is 4.99 Å². The van der Waals surface area contributed by atoms with Crippen molar-refractivity contribution in [2.45, 2.75) is 6.92 Å². The second kappa shape index (κ2) is 5.85. The average Bonchev–Trinajstić information content (AvgIpc) is 2.53. The molecule has 0 amide bonds. The number of carboxylic acid groups (broad SMARTS) is 1. The molecule has 0 spiro atoms. The van der Waals surface area contributed by atoms with Gasteiger partial charge >= 0.3 is 5.97 Å². The maximum absolute atomic E-state index is 10.8. The maximum atomic E-state index is 10.8. The van der Waals surface area contributed by atoms with Crippen molar-refractivity contribution in [3.8, 4) is 11.3 Å². The molecule has 0 aliphatic rings. The van der Waals surface area contributed by atoms with E-state index in [1.165, 1.54) is 0 Å². The smallest absolute Gasteiger partial charge is 0.325 e. The molecule has 4 nitrogen and oxygen atoms in total. The van der Waals surface area contributed by atoms with Crippen LogP contribution in [-0.2, 0) is 4.79 Å². The lowest BCUT2D eigenvalue weighted by Crippen LogP contribution is -2.09. The van der Waals surface area contributed by atoms with Crippen LogP contribution in [-0.4, -0.2) is 17.6 Å². The summed E-state index contributed by atoms with van der Waals surface area (Å²) in [6, 6.07) is 17.3. The van der Waals surface area contributed by atoms with Crippen molar-refractivity contribution in [3.63, 3.8) is 0 Å². The average molecular weight is 293 g/mol. The highest BCUT2D eigenvalue weighted by atomic mass is 16.4. The number of carboxylic acids is 1. The molecule has 1 heterocycles. The third-order valence-electron chi connectivity index (χ3n) is 3.34. The van der Waals surface area contributed by atoms with E-state index in [0.29, 0.717) is 16.7 Å². The molecule has 110 valence electrons. The topological polar surface area (TPSA) is 62.8 Å². The first-order valence-corrected chi connectivity index (χ1v) is 6.96. The summed E-state index contributed by atoms with van der Waals surface area (Å²) in [6.45, 7) is 1.72. The molecule has 3 aromatic rings. The fourth-order valence-corrected chi connectivity index (χ4v) is 2.31. The van der Waals surface area contributed by atoms with Crippen LogP contribution in [0.3, 0.4) is 0 Å². The lowest BCUT2D eigenvalue weighted by Gasteiger charge is -2.05. The van der Waals surface area contributed by atoms with Gasteiger partial charge in [-0.2, -0.15) is 0 Å². The number of hydrogen-bond acceptors (Lipinski definition) is 3. The summed E-state index contributed by atoms with van der Waals surface area (Å²) < 4.78 is 5.94. The van der Waals surface area contributed by atoms with Crippen molar-refractivity contribution in [1.29, 1.82) is 0 Å². The molecule has 4 heteroatoms. The SMILES string of the molecule is Cc1ccc2oc(-c3ccccc3)cc(=NCC(=O)O)c2c1. The van der Waals surface area contributed by atoms with Crippen molar-refractivity contribution in [1.82, 2.24) is 0 Å². The summed E-state index contributed by atoms with van der Waals surface area (Å²) in [5.41, 5.74) is 2.69. The molecule has 0 saturated heterocycles. The Morgan fingerprint density at radius 3 is 2.64 bits per heavy atom. The van der Waals surface area contributed by atoms with Gasteiger partial charge in [-0.3, -0.25) is 9.79 Å². The Kier molecular flexibility index (Phi) is 3.74. The highest BCUT2D eigenvalue weighted by Gasteiger charge is 2.06. The fraction of sp³-hybridized carbons (Fsp3) is 0.111. The molecule has 1 aromatic heterocycles. The van der Waals surface area contributed by atoms with E-state index >= 15 is 0 Å². The van der Waals surface area contributed by atoms with E-state index in [0.717, 1.165) is 16.5 Å². The summed E-state index contributed by atoms with van der Waals surface area (Å²) in [5, 5.41) is 10.3. The van der Waals surface area contributed by atoms with Gasteiger partial charge < -0.3 is 9.52 Å². The first kappa shape index (κ1) is 14.1. The van der Waals surface area contributed by atoms with Crippen LogP contribution < -0.4 is 5.36 Å². The number of carbonyl (C=O) groups is 1. The van der Waals surface area contributed by atoms with Gasteiger partial charge in [-0.25, -0.2) is 0 Å². The van der Waals surface area contributed by atoms with E-state index in [9.17, 15) is 4.79 Å². The Morgan fingerprint density at radius 2 is 1.91 bits per heavy atom. The van der Waals surface area contributed by atoms with Gasteiger partial charge in [0.15, 0.2) is 0 Å². The summed E-state index contributed by atoms with van der Waals surface area (Å²) in [7, 11) is 0. The number of fused-ring (bicyclic) bond motifs is 1. The standard InChI is InChI=1S/C18H15NO3/c1-12-7-8-16-14(9-12)15(19-11-18(20)21)10-17(22-16)13-5-3-2-4-6-13/h2-10H,11H2,1H3,(H,20,21). The van der Waals surface area contributed by atoms with Gasteiger partial charge in [0.2, 0.25) is 0 Å². The van der Waals surface area contributed by atoms with Crippen molar-refractivity contribution < 1.29 is 14.3 Å². The van der Waals surface area contributed by atoms with E-state index in [-0.39, 0.29) is 6.54 Å². The summed E-state index contributed by atoms with van der Waals surface area (Å²) in [6.07, 6.45) is 0. The van der Waals surface area contributed by atoms with Crippen molar-refractivity contribution in [2.24, 2.45) is 4.99 Å². The molecule has 0 bridgehead atoms. The molecule has 22 heavy (non-hydrogen) atoms. The molecule has 1 N–H and O–H groups in total. The number of rotatable bonds is 3. The summed E-state index contributed by atoms with van der Waals surface area (Å²) in [5.74, 6) is -0.288. The zero-order chi connectivity index (χ0) is 15.5. The monoisotopic (exact) mass is 293 g/mol. The number of hydrogen-bond donors (Lipinski definition) is 1. The van der Waals surface area contributed by atoms with Gasteiger partial charge in [0.05, 0.1) is 5.36 Å². The number of aliphatic carboxylic acids is 1. The molecule has 3 rings (SSSR count). The first-order valence-electron chi connectivity index (χ1n) is 6.96. The van der Waals surface area contributed by atoms with Crippen LogP contribution in [0.25, 0.3) is 22.3 Å². The Morgan fingerprint density at radius 1 is 1.14 bits per heavy atom. The molecule has 0 saturated carbocycles. The van der Waals surface area contributed by atoms with Crippen molar-refractivity contribution >= 4 is 16.9 Å². The lowest BCUT2D eigenvalue weighted by atomic mass is 10.1. The van der Waals surface area contributed by atoms with Gasteiger partial charge in [0.25, 0.3) is 0 Å². The van der Waals surface area contributed by atoms with Crippen LogP contribution in [0.5, 0.6) is 0 Å². The van der Waals surface area contributed by atoms with Gasteiger partial charge in [-0.1, -0.05) is 42.0 Å². The highest BCUT2D eigenvalue weighted by molar-refractivity contribution is 5.79. The van der Waals surface area contributed by atoms with E-state index in [4.69, 9.17) is 9.52 Å². The number of aryl methyl sites for hydroxylation is 1. The molecule has 0 unspecified atom stereocenters. The predicted molar refractivity (Wildman–Crippen MR) is 84.5 cm³/mol. The van der Waals surface area contributed by atoms with Crippen LogP contribution in [0.1, 0.15) is 5.56 Å². The van der Waals surface area contributed by atoms with Gasteiger partial charge in [-0.05, 0) is 19.1 Å². The van der Waals surface area contributed by atoms with Crippen LogP contribution in [0, 0.1) is 6.92 Å². The molecule has 0 aliphatic heterocycles. The minimum atomic E-state index is -0.956. The Labute approximate surface area is 127 Å². The molecule has 2 aromatic carbocycles. The Bertz CT molecular complexity index is 895. The third kappa shape index (κ3) is 2.91. The normalized spacial score (nSPS) is 11.8. The van der Waals surface area contributed by atoms with E-state index in [1.54, 1.807) is 6.07 Å². The second-order valence-corrected chi connectivity index (χ2v) is 5.07. The Balaban J connectivity index is 2.27. The number of benzene rings is 2. The zero-order valence-electron chi connectivity index (χ0n) is 12.1. The fourth-order valence-electron chi connectivity index (χ4n) is 2.31. The molecule has 0 fully saturated rings. The predicted octanol–water partition coefficient (Wildman–Crippen LogP) is 3.39. The first-order chi connectivity index (χ1) is 10.6. The van der Waals surface area contributed by atoms with Gasteiger partial charge in [-0.15, -0.1) is 0 Å². The lowest BCUT2D eigenvalue weighted by molar-refractivity contribution is -0.135. The van der Waals surface area contributed by atoms with Gasteiger partial charge in [0, 0.05) is 17.0 Å². The van der Waals surface area contributed by atoms with Crippen LogP contribution in [0.4, 0.5) is 0 Å². The van der Waals surface area contributed by atoms with E-state index in [1.807, 2.05) is 55.5 Å². The third-order valence-corrected chi connectivity index (χ3v) is 3.34. The Hall–Kier alpha value is -2.88. The molecular formula is C18H15NO3.